The molecule has 0 bridgehead atoms. The van der Waals surface area contributed by atoms with Crippen molar-refractivity contribution < 1.29 is 9.53 Å². The molecule has 0 aliphatic carbocycles. The van der Waals surface area contributed by atoms with Crippen molar-refractivity contribution in [3.05, 3.63) is 42.2 Å². The number of hydrogen-bond acceptors (Lipinski definition) is 4. The quantitative estimate of drug-likeness (QED) is 0.593. The van der Waals surface area contributed by atoms with Crippen LogP contribution in [0.15, 0.2) is 36.7 Å². The highest BCUT2D eigenvalue weighted by atomic mass is 16.5. The van der Waals surface area contributed by atoms with E-state index in [9.17, 15) is 4.79 Å². The predicted molar refractivity (Wildman–Crippen MR) is 61.8 cm³/mol. The molecular weight excluding hydrogens is 218 g/mol. The van der Waals surface area contributed by atoms with Crippen molar-refractivity contribution in [3.63, 3.8) is 0 Å². The van der Waals surface area contributed by atoms with Gasteiger partial charge in [-0.1, -0.05) is 0 Å². The number of pyridine rings is 2. The topological polar surface area (TPSA) is 56.5 Å². The molecule has 0 saturated heterocycles. The molecule has 0 N–H and O–H groups in total. The molecule has 0 fully saturated rings. The lowest BCUT2D eigenvalue weighted by atomic mass is 10.2. The summed E-state index contributed by atoms with van der Waals surface area (Å²) in [5.74, 6) is -0.393. The maximum Gasteiger partial charge on any atom is 0.341 e. The van der Waals surface area contributed by atoms with Crippen LogP contribution in [0.1, 0.15) is 10.4 Å². The molecule has 0 amide bonds. The van der Waals surface area contributed by atoms with Crippen LogP contribution in [0.3, 0.4) is 0 Å². The van der Waals surface area contributed by atoms with Crippen molar-refractivity contribution in [2.24, 2.45) is 0 Å². The highest BCUT2D eigenvalue weighted by Gasteiger charge is 2.14. The van der Waals surface area contributed by atoms with Crippen LogP contribution >= 0.6 is 0 Å². The van der Waals surface area contributed by atoms with Crippen molar-refractivity contribution in [2.45, 2.75) is 0 Å². The Balaban J connectivity index is 2.39. The average molecular weight is 227 g/mol. The van der Waals surface area contributed by atoms with E-state index in [1.165, 1.54) is 13.3 Å². The summed E-state index contributed by atoms with van der Waals surface area (Å²) in [6.07, 6.45) is 3.19. The van der Waals surface area contributed by atoms with Crippen LogP contribution in [0.2, 0.25) is 0 Å². The molecule has 0 spiro atoms. The molecule has 0 saturated carbocycles. The Kier molecular flexibility index (Phi) is 2.04. The van der Waals surface area contributed by atoms with E-state index in [0.717, 1.165) is 11.0 Å². The third-order valence-corrected chi connectivity index (χ3v) is 2.65. The summed E-state index contributed by atoms with van der Waals surface area (Å²) >= 11 is 0. The molecule has 3 rings (SSSR count). The third kappa shape index (κ3) is 1.36. The Hall–Kier alpha value is -2.43. The van der Waals surface area contributed by atoms with Gasteiger partial charge in [-0.15, -0.1) is 0 Å². The number of methoxy groups -OCH3 is 1. The van der Waals surface area contributed by atoms with Gasteiger partial charge in [0.15, 0.2) is 5.65 Å². The van der Waals surface area contributed by atoms with Crippen LogP contribution in [0.5, 0.6) is 0 Å². The van der Waals surface area contributed by atoms with E-state index in [-0.39, 0.29) is 0 Å². The average Bonchev–Trinajstić information content (AvgIpc) is 2.82. The number of esters is 1. The molecule has 0 aliphatic heterocycles. The van der Waals surface area contributed by atoms with E-state index in [1.807, 2.05) is 24.3 Å². The van der Waals surface area contributed by atoms with Crippen LogP contribution in [-0.4, -0.2) is 27.7 Å². The fraction of sp³-hybridized carbons (Fsp3) is 0.0833. The van der Waals surface area contributed by atoms with Crippen LogP contribution in [0.4, 0.5) is 0 Å². The summed E-state index contributed by atoms with van der Waals surface area (Å²) < 4.78 is 6.34. The molecule has 0 aromatic carbocycles. The summed E-state index contributed by atoms with van der Waals surface area (Å²) in [4.78, 5) is 15.8. The van der Waals surface area contributed by atoms with Gasteiger partial charge in [-0.25, -0.2) is 14.3 Å². The van der Waals surface area contributed by atoms with Gasteiger partial charge in [0.05, 0.1) is 18.8 Å². The van der Waals surface area contributed by atoms with Crippen molar-refractivity contribution >= 4 is 22.5 Å². The van der Waals surface area contributed by atoms with E-state index in [1.54, 1.807) is 10.7 Å². The summed E-state index contributed by atoms with van der Waals surface area (Å²) in [6, 6.07) is 7.55. The van der Waals surface area contributed by atoms with E-state index >= 15 is 0 Å². The summed E-state index contributed by atoms with van der Waals surface area (Å²) in [6.45, 7) is 0. The van der Waals surface area contributed by atoms with Gasteiger partial charge in [-0.05, 0) is 24.3 Å². The van der Waals surface area contributed by atoms with Crippen molar-refractivity contribution in [2.75, 3.05) is 7.11 Å². The molecular formula is C12H9N3O2. The third-order valence-electron chi connectivity index (χ3n) is 2.65. The van der Waals surface area contributed by atoms with Crippen molar-refractivity contribution in [3.8, 4) is 0 Å². The Labute approximate surface area is 96.6 Å². The normalized spacial score (nSPS) is 10.9. The zero-order valence-electron chi connectivity index (χ0n) is 9.12. The zero-order valence-corrected chi connectivity index (χ0v) is 9.12. The second kappa shape index (κ2) is 3.55. The Bertz CT molecular complexity index is 718. The van der Waals surface area contributed by atoms with Crippen LogP contribution < -0.4 is 0 Å². The van der Waals surface area contributed by atoms with E-state index in [2.05, 4.69) is 10.1 Å². The summed E-state index contributed by atoms with van der Waals surface area (Å²) in [5, 5.41) is 5.14. The smallest absolute Gasteiger partial charge is 0.341 e. The molecule has 5 heteroatoms. The maximum atomic E-state index is 11.5. The van der Waals surface area contributed by atoms with Gasteiger partial charge in [0, 0.05) is 11.6 Å². The first-order valence-corrected chi connectivity index (χ1v) is 5.11. The molecule has 3 heterocycles. The largest absolute Gasteiger partial charge is 0.465 e. The summed E-state index contributed by atoms with van der Waals surface area (Å²) in [7, 11) is 1.35. The number of hydrogen-bond donors (Lipinski definition) is 0. The predicted octanol–water partition coefficient (Wildman–Crippen LogP) is 1.67. The minimum Gasteiger partial charge on any atom is -0.465 e. The number of ether oxygens (including phenoxy) is 1. The molecule has 0 aliphatic rings. The van der Waals surface area contributed by atoms with Gasteiger partial charge in [-0.3, -0.25) is 0 Å². The molecule has 3 aromatic rings. The lowest BCUT2D eigenvalue weighted by Gasteiger charge is -2.00. The highest BCUT2D eigenvalue weighted by Crippen LogP contribution is 2.17. The number of fused-ring (bicyclic) bond motifs is 3. The van der Waals surface area contributed by atoms with E-state index < -0.39 is 5.97 Å². The first kappa shape index (κ1) is 9.77. The Morgan fingerprint density at radius 3 is 3.06 bits per heavy atom. The molecule has 17 heavy (non-hydrogen) atoms. The Morgan fingerprint density at radius 1 is 1.35 bits per heavy atom. The molecule has 0 atom stereocenters. The summed E-state index contributed by atoms with van der Waals surface area (Å²) in [5.41, 5.74) is 1.86. The van der Waals surface area contributed by atoms with Gasteiger partial charge in [0.25, 0.3) is 0 Å². The van der Waals surface area contributed by atoms with Gasteiger partial charge in [0.2, 0.25) is 0 Å². The Morgan fingerprint density at radius 2 is 2.24 bits per heavy atom. The van der Waals surface area contributed by atoms with E-state index in [4.69, 9.17) is 4.74 Å². The lowest BCUT2D eigenvalue weighted by molar-refractivity contribution is 0.0603. The van der Waals surface area contributed by atoms with Gasteiger partial charge in [-0.2, -0.15) is 5.10 Å². The van der Waals surface area contributed by atoms with Gasteiger partial charge < -0.3 is 4.74 Å². The maximum absolute atomic E-state index is 11.5. The van der Waals surface area contributed by atoms with Gasteiger partial charge in [0.1, 0.15) is 5.56 Å². The first-order valence-electron chi connectivity index (χ1n) is 5.11. The molecule has 0 radical (unpaired) electrons. The molecule has 0 unspecified atom stereocenters. The lowest BCUT2D eigenvalue weighted by Crippen LogP contribution is -2.00. The number of carbonyl (C=O) groups excluding carboxylic acids is 1. The van der Waals surface area contributed by atoms with Gasteiger partial charge >= 0.3 is 5.97 Å². The number of aromatic nitrogens is 3. The van der Waals surface area contributed by atoms with Crippen LogP contribution in [0.25, 0.3) is 16.6 Å². The molecule has 5 nitrogen and oxygen atoms in total. The van der Waals surface area contributed by atoms with Crippen LogP contribution in [0, 0.1) is 0 Å². The second-order valence-corrected chi connectivity index (χ2v) is 3.60. The minimum absolute atomic E-state index is 0.393. The zero-order chi connectivity index (χ0) is 11.8. The fourth-order valence-corrected chi connectivity index (χ4v) is 1.84. The number of nitrogens with zero attached hydrogens (tertiary/aromatic N) is 3. The monoisotopic (exact) mass is 227 g/mol. The van der Waals surface area contributed by atoms with Crippen molar-refractivity contribution in [1.29, 1.82) is 0 Å². The van der Waals surface area contributed by atoms with Crippen LogP contribution in [-0.2, 0) is 4.74 Å². The number of carbonyl (C=O) groups is 1. The molecule has 3 aromatic heterocycles. The minimum atomic E-state index is -0.393. The highest BCUT2D eigenvalue weighted by molar-refractivity contribution is 5.98. The SMILES string of the molecule is COC(=O)c1cnn2c1ccc1cccnc12. The van der Waals surface area contributed by atoms with E-state index in [0.29, 0.717) is 11.1 Å². The first-order chi connectivity index (χ1) is 8.31. The second-order valence-electron chi connectivity index (χ2n) is 3.60. The molecule has 84 valence electrons. The fourth-order valence-electron chi connectivity index (χ4n) is 1.84. The standard InChI is InChI=1S/C12H9N3O2/c1-17-12(16)9-7-14-15-10(9)5-4-8-3-2-6-13-11(8)15/h2-7H,1H3. The number of rotatable bonds is 1. The van der Waals surface area contributed by atoms with Crippen molar-refractivity contribution in [1.82, 2.24) is 14.6 Å².